The van der Waals surface area contributed by atoms with Crippen molar-refractivity contribution >= 4 is 33.9 Å². The third kappa shape index (κ3) is 5.57. The number of amides is 2. The molecule has 1 saturated carbocycles. The van der Waals surface area contributed by atoms with E-state index in [2.05, 4.69) is 10.3 Å². The number of nitrogens with zero attached hydrogens (tertiary/aromatic N) is 2. The van der Waals surface area contributed by atoms with Crippen LogP contribution < -0.4 is 15.0 Å². The van der Waals surface area contributed by atoms with Crippen LogP contribution in [-0.4, -0.2) is 62.6 Å². The molecule has 1 aromatic carbocycles. The first kappa shape index (κ1) is 30.5. The molecule has 2 unspecified atom stereocenters. The number of benzene rings is 1. The number of aromatic nitrogens is 1. The summed E-state index contributed by atoms with van der Waals surface area (Å²) < 4.78 is 23.7. The minimum atomic E-state index is -1.26. The van der Waals surface area contributed by atoms with Crippen molar-refractivity contribution in [2.75, 3.05) is 38.8 Å². The Morgan fingerprint density at radius 1 is 1.23 bits per heavy atom. The lowest BCUT2D eigenvalue weighted by atomic mass is 9.63. The molecule has 10 nitrogen and oxygen atoms in total. The molecule has 4 heterocycles. The van der Waals surface area contributed by atoms with E-state index < -0.39 is 11.5 Å². The zero-order chi connectivity index (χ0) is 30.8. The summed E-state index contributed by atoms with van der Waals surface area (Å²) in [5.74, 6) is 0.532. The Kier molecular flexibility index (Phi) is 8.89. The molecule has 0 bridgehead atoms. The van der Waals surface area contributed by atoms with Gasteiger partial charge in [0.25, 0.3) is 0 Å². The van der Waals surface area contributed by atoms with Crippen LogP contribution in [0.15, 0.2) is 41.1 Å². The van der Waals surface area contributed by atoms with Crippen molar-refractivity contribution in [3.8, 4) is 16.5 Å². The Balaban J connectivity index is 1.45. The molecule has 1 spiro atoms. The first-order valence-electron chi connectivity index (χ1n) is 15.3. The molecule has 2 fully saturated rings. The summed E-state index contributed by atoms with van der Waals surface area (Å²) >= 11 is 1.35. The number of hydrogen-bond donors (Lipinski definition) is 1. The Morgan fingerprint density at radius 3 is 2.75 bits per heavy atom. The number of ether oxygens (including phenoxy) is 3. The van der Waals surface area contributed by atoms with Crippen LogP contribution >= 0.6 is 11.3 Å². The number of nitrogens with one attached hydrogen (secondary N) is 1. The number of fused-ring (bicyclic) bond motifs is 1. The maximum Gasteiger partial charge on any atom is 0.241 e. The van der Waals surface area contributed by atoms with Gasteiger partial charge in [-0.1, -0.05) is 24.6 Å². The van der Waals surface area contributed by atoms with Gasteiger partial charge in [-0.25, -0.2) is 4.98 Å². The lowest BCUT2D eigenvalue weighted by Crippen LogP contribution is -2.56. The maximum atomic E-state index is 14.9. The number of Topliss-reactive ketones (excluding diaryl/α,β-unsaturated/α-hetero) is 1. The first-order valence-corrected chi connectivity index (χ1v) is 16.1. The van der Waals surface area contributed by atoms with E-state index >= 15 is 0 Å². The van der Waals surface area contributed by atoms with Crippen molar-refractivity contribution < 1.29 is 33.0 Å². The molecule has 2 aromatic heterocycles. The van der Waals surface area contributed by atoms with Gasteiger partial charge in [0.1, 0.15) is 28.5 Å². The molecule has 1 N–H and O–H groups in total. The number of oxazole rings is 1. The summed E-state index contributed by atoms with van der Waals surface area (Å²) in [5, 5.41) is 3.28. The van der Waals surface area contributed by atoms with Gasteiger partial charge >= 0.3 is 0 Å². The fourth-order valence-corrected chi connectivity index (χ4v) is 8.29. The van der Waals surface area contributed by atoms with Crippen LogP contribution in [0.25, 0.3) is 10.8 Å². The van der Waals surface area contributed by atoms with E-state index in [1.807, 2.05) is 31.2 Å². The number of carbonyl (C=O) groups excluding carboxylic acids is 3. The van der Waals surface area contributed by atoms with Crippen LogP contribution in [0.3, 0.4) is 0 Å². The number of para-hydroxylation sites is 1. The molecule has 3 atom stereocenters. The maximum absolute atomic E-state index is 14.9. The minimum absolute atomic E-state index is 0.0480. The van der Waals surface area contributed by atoms with Gasteiger partial charge in [-0.2, -0.15) is 0 Å². The molecule has 44 heavy (non-hydrogen) atoms. The second-order valence-electron chi connectivity index (χ2n) is 11.9. The Morgan fingerprint density at radius 2 is 2.02 bits per heavy atom. The molecule has 3 aliphatic rings. The van der Waals surface area contributed by atoms with Gasteiger partial charge < -0.3 is 23.9 Å². The fourth-order valence-electron chi connectivity index (χ4n) is 7.03. The largest absolute Gasteiger partial charge is 0.496 e. The molecule has 234 valence electrons. The van der Waals surface area contributed by atoms with Crippen molar-refractivity contribution in [3.05, 3.63) is 53.4 Å². The summed E-state index contributed by atoms with van der Waals surface area (Å²) in [6.45, 7) is 3.33. The third-order valence-corrected chi connectivity index (χ3v) is 10.6. The van der Waals surface area contributed by atoms with Crippen molar-refractivity contribution in [2.45, 2.75) is 64.1 Å². The van der Waals surface area contributed by atoms with Gasteiger partial charge in [0, 0.05) is 32.2 Å². The lowest BCUT2D eigenvalue weighted by Gasteiger charge is -2.45. The van der Waals surface area contributed by atoms with Crippen molar-refractivity contribution in [1.82, 2.24) is 10.3 Å². The molecular weight excluding hydrogens is 582 g/mol. The molecular formula is C33H39N3O7S. The third-order valence-electron chi connectivity index (χ3n) is 9.28. The molecule has 6 rings (SSSR count). The average molecular weight is 622 g/mol. The van der Waals surface area contributed by atoms with E-state index in [1.54, 1.807) is 25.3 Å². The van der Waals surface area contributed by atoms with E-state index in [0.717, 1.165) is 35.3 Å². The Bertz CT molecular complexity index is 1510. The van der Waals surface area contributed by atoms with E-state index in [0.29, 0.717) is 54.7 Å². The number of thiophene rings is 1. The average Bonchev–Trinajstić information content (AvgIpc) is 3.70. The van der Waals surface area contributed by atoms with Crippen LogP contribution in [0.1, 0.15) is 72.5 Å². The SMILES string of the molecule is CNC(=O)CC1CCCC2(C1)C(=O)c1c(sc(-c3ncco3)c1C)N(C[C@H](OC1CCOCC1)c1ccccc1OC)C2=O. The van der Waals surface area contributed by atoms with Crippen LogP contribution in [-0.2, 0) is 19.1 Å². The fraction of sp³-hybridized carbons (Fsp3) is 0.515. The highest BCUT2D eigenvalue weighted by molar-refractivity contribution is 7.20. The topological polar surface area (TPSA) is 120 Å². The quantitative estimate of drug-likeness (QED) is 0.311. The highest BCUT2D eigenvalue weighted by Crippen LogP contribution is 2.54. The van der Waals surface area contributed by atoms with Gasteiger partial charge in [0.15, 0.2) is 5.78 Å². The summed E-state index contributed by atoms with van der Waals surface area (Å²) in [4.78, 5) is 48.6. The minimum Gasteiger partial charge on any atom is -0.496 e. The summed E-state index contributed by atoms with van der Waals surface area (Å²) in [7, 11) is 3.24. The van der Waals surface area contributed by atoms with E-state index in [9.17, 15) is 14.4 Å². The molecule has 11 heteroatoms. The molecule has 2 amide bonds. The summed E-state index contributed by atoms with van der Waals surface area (Å²) in [6.07, 6.45) is 6.55. The molecule has 3 aromatic rings. The molecule has 0 radical (unpaired) electrons. The van der Waals surface area contributed by atoms with Crippen LogP contribution in [0, 0.1) is 18.3 Å². The Hall–Kier alpha value is -3.54. The predicted molar refractivity (Wildman–Crippen MR) is 165 cm³/mol. The van der Waals surface area contributed by atoms with Gasteiger partial charge in [-0.15, -0.1) is 11.3 Å². The number of anilines is 1. The summed E-state index contributed by atoms with van der Waals surface area (Å²) in [6, 6.07) is 7.71. The second-order valence-corrected chi connectivity index (χ2v) is 12.9. The van der Waals surface area contributed by atoms with Crippen LogP contribution in [0.2, 0.25) is 0 Å². The monoisotopic (exact) mass is 621 g/mol. The van der Waals surface area contributed by atoms with Crippen LogP contribution in [0.4, 0.5) is 5.00 Å². The van der Waals surface area contributed by atoms with Crippen molar-refractivity contribution in [2.24, 2.45) is 11.3 Å². The van der Waals surface area contributed by atoms with Crippen molar-refractivity contribution in [1.29, 1.82) is 0 Å². The normalized spacial score (nSPS) is 23.1. The van der Waals surface area contributed by atoms with Gasteiger partial charge in [0.2, 0.25) is 17.7 Å². The highest BCUT2D eigenvalue weighted by Gasteiger charge is 2.56. The number of rotatable bonds is 9. The molecule has 1 aliphatic carbocycles. The van der Waals surface area contributed by atoms with Gasteiger partial charge in [-0.05, 0) is 56.6 Å². The van der Waals surface area contributed by atoms with Crippen LogP contribution in [0.5, 0.6) is 5.75 Å². The summed E-state index contributed by atoms with van der Waals surface area (Å²) in [5.41, 5.74) is 0.868. The number of ketones is 1. The first-order chi connectivity index (χ1) is 21.4. The second kappa shape index (κ2) is 12.8. The number of carbonyl (C=O) groups is 3. The van der Waals surface area contributed by atoms with E-state index in [-0.39, 0.29) is 42.6 Å². The number of methoxy groups -OCH3 is 1. The smallest absolute Gasteiger partial charge is 0.241 e. The molecule has 2 aliphatic heterocycles. The highest BCUT2D eigenvalue weighted by atomic mass is 32.1. The van der Waals surface area contributed by atoms with Gasteiger partial charge in [0.05, 0.1) is 36.4 Å². The lowest BCUT2D eigenvalue weighted by molar-refractivity contribution is -0.131. The number of hydrogen-bond acceptors (Lipinski definition) is 9. The standard InChI is InChI=1S/C33H39N3O7S/c1-20-27-29(38)33(12-6-7-21(18-33)17-26(37)34-2)32(39)36(31(27)44-28(20)30-35-13-16-42-30)19-25(43-22-10-14-41-15-11-22)23-8-4-5-9-24(23)40-3/h4-5,8-9,13,16,21-22,25H,6-7,10-12,14-15,17-19H2,1-3H3,(H,34,37)/t21?,25-,33?/m0/s1. The van der Waals surface area contributed by atoms with E-state index in [4.69, 9.17) is 18.6 Å². The van der Waals surface area contributed by atoms with E-state index in [1.165, 1.54) is 17.6 Å². The zero-order valence-corrected chi connectivity index (χ0v) is 26.2. The Labute approximate surface area is 261 Å². The van der Waals surface area contributed by atoms with Gasteiger partial charge in [-0.3, -0.25) is 19.3 Å². The van der Waals surface area contributed by atoms with Crippen molar-refractivity contribution in [3.63, 3.8) is 0 Å². The predicted octanol–water partition coefficient (Wildman–Crippen LogP) is 5.50. The zero-order valence-electron chi connectivity index (χ0n) is 25.4. The molecule has 1 saturated heterocycles.